The lowest BCUT2D eigenvalue weighted by Gasteiger charge is -2.33. The first kappa shape index (κ1) is 27.9. The highest BCUT2D eigenvalue weighted by Crippen LogP contribution is 2.31. The van der Waals surface area contributed by atoms with E-state index < -0.39 is 10.0 Å². The molecule has 7 heteroatoms. The lowest BCUT2D eigenvalue weighted by Crippen LogP contribution is -2.39. The molecule has 2 aliphatic rings. The highest BCUT2D eigenvalue weighted by Gasteiger charge is 2.25. The minimum atomic E-state index is -3.08. The van der Waals surface area contributed by atoms with Gasteiger partial charge in [-0.15, -0.1) is 0 Å². The van der Waals surface area contributed by atoms with Gasteiger partial charge in [0.2, 0.25) is 10.0 Å². The third-order valence-electron chi connectivity index (χ3n) is 7.36. The van der Waals surface area contributed by atoms with Gasteiger partial charge in [0, 0.05) is 10.5 Å². The van der Waals surface area contributed by atoms with Crippen molar-refractivity contribution < 1.29 is 13.2 Å². The summed E-state index contributed by atoms with van der Waals surface area (Å²) in [5.74, 6) is 2.73. The van der Waals surface area contributed by atoms with Crippen LogP contribution in [0.2, 0.25) is 0 Å². The van der Waals surface area contributed by atoms with Crippen molar-refractivity contribution in [2.24, 2.45) is 11.8 Å². The van der Waals surface area contributed by atoms with Gasteiger partial charge in [-0.25, -0.2) is 13.1 Å². The van der Waals surface area contributed by atoms with Gasteiger partial charge in [0.15, 0.2) is 0 Å². The van der Waals surface area contributed by atoms with E-state index in [0.29, 0.717) is 6.42 Å². The van der Waals surface area contributed by atoms with Crippen LogP contribution in [0.1, 0.15) is 84.1 Å². The summed E-state index contributed by atoms with van der Waals surface area (Å²) in [7, 11) is -3.08. The molecular weight excluding hydrogens is 512 g/mol. The summed E-state index contributed by atoms with van der Waals surface area (Å²) in [4.78, 5) is 2.65. The van der Waals surface area contributed by atoms with E-state index in [2.05, 4.69) is 51.5 Å². The summed E-state index contributed by atoms with van der Waals surface area (Å²) in [6, 6.07) is 6.54. The first-order valence-corrected chi connectivity index (χ1v) is 15.9. The summed E-state index contributed by atoms with van der Waals surface area (Å²) in [6.45, 7) is 9.67. The van der Waals surface area contributed by atoms with Gasteiger partial charge < -0.3 is 9.64 Å². The molecule has 1 aliphatic carbocycles. The first-order valence-electron chi connectivity index (χ1n) is 13.4. The average molecular weight is 558 g/mol. The van der Waals surface area contributed by atoms with Crippen LogP contribution in [0.5, 0.6) is 5.75 Å². The maximum atomic E-state index is 12.0. The summed E-state index contributed by atoms with van der Waals surface area (Å²) in [5.41, 5.74) is 1.36. The minimum absolute atomic E-state index is 0.157. The number of ether oxygens (including phenoxy) is 1. The Morgan fingerprint density at radius 2 is 1.79 bits per heavy atom. The van der Waals surface area contributed by atoms with Gasteiger partial charge >= 0.3 is 0 Å². The number of nitrogens with zero attached hydrogens (tertiary/aromatic N) is 1. The van der Waals surface area contributed by atoms with Crippen LogP contribution in [0.15, 0.2) is 22.7 Å². The van der Waals surface area contributed by atoms with Crippen LogP contribution in [0.3, 0.4) is 0 Å². The number of halogens is 1. The van der Waals surface area contributed by atoms with E-state index >= 15 is 0 Å². The molecule has 5 nitrogen and oxygen atoms in total. The zero-order valence-corrected chi connectivity index (χ0v) is 23.8. The van der Waals surface area contributed by atoms with Crippen LogP contribution in [0.25, 0.3) is 0 Å². The van der Waals surface area contributed by atoms with Gasteiger partial charge in [-0.3, -0.25) is 0 Å². The number of likely N-dealkylation sites (tertiary alicyclic amines) is 1. The molecule has 34 heavy (non-hydrogen) atoms. The Labute approximate surface area is 216 Å². The van der Waals surface area contributed by atoms with Crippen molar-refractivity contribution in [3.8, 4) is 5.75 Å². The topological polar surface area (TPSA) is 58.6 Å². The van der Waals surface area contributed by atoms with E-state index in [1.54, 1.807) is 0 Å². The second kappa shape index (κ2) is 13.6. The van der Waals surface area contributed by atoms with Crippen molar-refractivity contribution in [3.63, 3.8) is 0 Å². The largest absolute Gasteiger partial charge is 0.491 e. The van der Waals surface area contributed by atoms with E-state index in [1.165, 1.54) is 55.4 Å². The van der Waals surface area contributed by atoms with Gasteiger partial charge in [-0.2, -0.15) is 0 Å². The summed E-state index contributed by atoms with van der Waals surface area (Å²) in [6.07, 6.45) is 11.4. The maximum Gasteiger partial charge on any atom is 0.211 e. The molecule has 1 saturated carbocycles. The highest BCUT2D eigenvalue weighted by molar-refractivity contribution is 9.10. The van der Waals surface area contributed by atoms with Gasteiger partial charge in [0.1, 0.15) is 5.75 Å². The molecule has 1 aromatic carbocycles. The zero-order valence-electron chi connectivity index (χ0n) is 21.4. The molecular formula is C27H45BrN2O3S. The Kier molecular flexibility index (Phi) is 11.2. The normalized spacial score (nSPS) is 22.9. The number of rotatable bonds is 12. The lowest BCUT2D eigenvalue weighted by molar-refractivity contribution is 0.174. The first-order chi connectivity index (χ1) is 16.2. The van der Waals surface area contributed by atoms with Gasteiger partial charge in [0.05, 0.1) is 11.9 Å². The quantitative estimate of drug-likeness (QED) is 0.335. The molecule has 1 aliphatic heterocycles. The van der Waals surface area contributed by atoms with Crippen molar-refractivity contribution in [2.45, 2.75) is 97.1 Å². The van der Waals surface area contributed by atoms with Crippen molar-refractivity contribution in [1.29, 1.82) is 0 Å². The molecule has 0 radical (unpaired) electrons. The Hall–Kier alpha value is -0.630. The molecule has 1 saturated heterocycles. The SMILES string of the molecule is CCCS(=O)(=O)NC1CCC(CCCN2CCC(Cc3cc(OC(C)C)ccc3Br)CC2)CC1. The maximum absolute atomic E-state index is 12.0. The van der Waals surface area contributed by atoms with E-state index in [-0.39, 0.29) is 17.9 Å². The lowest BCUT2D eigenvalue weighted by atomic mass is 9.83. The predicted molar refractivity (Wildman–Crippen MR) is 145 cm³/mol. The molecule has 0 aromatic heterocycles. The van der Waals surface area contributed by atoms with Crippen molar-refractivity contribution in [2.75, 3.05) is 25.4 Å². The number of hydrogen-bond donors (Lipinski definition) is 1. The van der Waals surface area contributed by atoms with Crippen LogP contribution in [0.4, 0.5) is 0 Å². The fourth-order valence-electron chi connectivity index (χ4n) is 5.53. The molecule has 1 N–H and O–H groups in total. The van der Waals surface area contributed by atoms with E-state index in [9.17, 15) is 8.42 Å². The third kappa shape index (κ3) is 9.44. The number of benzene rings is 1. The average Bonchev–Trinajstić information content (AvgIpc) is 2.78. The van der Waals surface area contributed by atoms with Crippen LogP contribution in [0, 0.1) is 11.8 Å². The fraction of sp³-hybridized carbons (Fsp3) is 0.778. The molecule has 0 spiro atoms. The van der Waals surface area contributed by atoms with Gasteiger partial charge in [0.25, 0.3) is 0 Å². The third-order valence-corrected chi connectivity index (χ3v) is 9.77. The van der Waals surface area contributed by atoms with Crippen molar-refractivity contribution >= 4 is 26.0 Å². The van der Waals surface area contributed by atoms with Crippen LogP contribution < -0.4 is 9.46 Å². The molecule has 0 bridgehead atoms. The van der Waals surface area contributed by atoms with Crippen molar-refractivity contribution in [3.05, 3.63) is 28.2 Å². The summed E-state index contributed by atoms with van der Waals surface area (Å²) >= 11 is 3.73. The molecule has 0 unspecified atom stereocenters. The Bertz CT molecular complexity index is 845. The monoisotopic (exact) mass is 556 g/mol. The number of nitrogens with one attached hydrogen (secondary N) is 1. The number of sulfonamides is 1. The highest BCUT2D eigenvalue weighted by atomic mass is 79.9. The number of piperidine rings is 1. The van der Waals surface area contributed by atoms with E-state index in [4.69, 9.17) is 4.74 Å². The van der Waals surface area contributed by atoms with Crippen LogP contribution >= 0.6 is 15.9 Å². The summed E-state index contributed by atoms with van der Waals surface area (Å²) in [5, 5.41) is 0. The summed E-state index contributed by atoms with van der Waals surface area (Å²) < 4.78 is 34.0. The Balaban J connectivity index is 1.31. The second-order valence-electron chi connectivity index (χ2n) is 10.7. The molecule has 2 fully saturated rings. The minimum Gasteiger partial charge on any atom is -0.491 e. The molecule has 1 aromatic rings. The number of hydrogen-bond acceptors (Lipinski definition) is 4. The molecule has 0 atom stereocenters. The predicted octanol–water partition coefficient (Wildman–Crippen LogP) is 6.16. The Morgan fingerprint density at radius 1 is 1.09 bits per heavy atom. The van der Waals surface area contributed by atoms with Crippen LogP contribution in [-0.2, 0) is 16.4 Å². The molecule has 0 amide bonds. The second-order valence-corrected chi connectivity index (χ2v) is 13.4. The molecule has 194 valence electrons. The van der Waals surface area contributed by atoms with Crippen molar-refractivity contribution in [1.82, 2.24) is 9.62 Å². The Morgan fingerprint density at radius 3 is 2.44 bits per heavy atom. The standard InChI is InChI=1S/C27H45BrN2O3S/c1-4-18-34(31,32)29-25-9-7-22(8-10-25)6-5-15-30-16-13-23(14-17-30)19-24-20-26(33-21(2)3)11-12-27(24)28/h11-12,20-23,25,29H,4-10,13-19H2,1-3H3. The van der Waals surface area contributed by atoms with Gasteiger partial charge in [-0.05, 0) is 133 Å². The zero-order chi connectivity index (χ0) is 24.6. The van der Waals surface area contributed by atoms with Gasteiger partial charge in [-0.1, -0.05) is 22.9 Å². The van der Waals surface area contributed by atoms with Crippen LogP contribution in [-0.4, -0.2) is 50.9 Å². The molecule has 3 rings (SSSR count). The smallest absolute Gasteiger partial charge is 0.211 e. The fourth-order valence-corrected chi connectivity index (χ4v) is 7.34. The van der Waals surface area contributed by atoms with E-state index in [1.807, 2.05) is 13.0 Å². The van der Waals surface area contributed by atoms with E-state index in [0.717, 1.165) is 49.7 Å². The molecule has 1 heterocycles.